The number of hydrogen-bond acceptors (Lipinski definition) is 4. The number of H-pyrrole nitrogens is 1. The van der Waals surface area contributed by atoms with E-state index in [1.165, 1.54) is 0 Å². The Morgan fingerprint density at radius 3 is 2.43 bits per heavy atom. The summed E-state index contributed by atoms with van der Waals surface area (Å²) in [5.74, 6) is 5.32. The summed E-state index contributed by atoms with van der Waals surface area (Å²) in [6.07, 6.45) is 0. The number of benzene rings is 2. The number of para-hydroxylation sites is 1. The lowest BCUT2D eigenvalue weighted by Crippen LogP contribution is -2.20. The van der Waals surface area contributed by atoms with Crippen molar-refractivity contribution in [2.75, 3.05) is 0 Å². The zero-order valence-electron chi connectivity index (χ0n) is 11.1. The molecule has 4 N–H and O–H groups in total. The zero-order valence-corrected chi connectivity index (χ0v) is 11.1. The van der Waals surface area contributed by atoms with Crippen LogP contribution >= 0.6 is 0 Å². The van der Waals surface area contributed by atoms with E-state index in [0.717, 1.165) is 0 Å². The highest BCUT2D eigenvalue weighted by Gasteiger charge is 2.18. The van der Waals surface area contributed by atoms with Gasteiger partial charge in [-0.15, -0.1) is 0 Å². The molecule has 1 heterocycles. The number of hydrogen-bond donors (Lipinski definition) is 3. The van der Waals surface area contributed by atoms with Gasteiger partial charge in [0.1, 0.15) is 17.0 Å². The Morgan fingerprint density at radius 1 is 1.05 bits per heavy atom. The molecule has 0 spiro atoms. The number of aromatic hydroxyl groups is 1. The minimum absolute atomic E-state index is 0.0717. The largest absolute Gasteiger partial charge is 0.506 e. The van der Waals surface area contributed by atoms with Crippen LogP contribution in [0.4, 0.5) is 0 Å². The fourth-order valence-electron chi connectivity index (χ4n) is 2.32. The van der Waals surface area contributed by atoms with Gasteiger partial charge in [-0.05, 0) is 12.1 Å². The van der Waals surface area contributed by atoms with Gasteiger partial charge in [0.25, 0.3) is 5.56 Å². The van der Waals surface area contributed by atoms with E-state index in [0.29, 0.717) is 16.5 Å². The van der Waals surface area contributed by atoms with Crippen LogP contribution in [0, 0.1) is 0 Å². The highest BCUT2D eigenvalue weighted by molar-refractivity contribution is 6.16. The lowest BCUT2D eigenvalue weighted by atomic mass is 10.0. The van der Waals surface area contributed by atoms with E-state index in [2.05, 4.69) is 10.1 Å². The van der Waals surface area contributed by atoms with Gasteiger partial charge in [-0.25, -0.2) is 0 Å². The summed E-state index contributed by atoms with van der Waals surface area (Å²) in [6, 6.07) is 16.0. The Bertz CT molecular complexity index is 883. The van der Waals surface area contributed by atoms with Gasteiger partial charge >= 0.3 is 0 Å². The van der Waals surface area contributed by atoms with Crippen LogP contribution in [0.3, 0.4) is 0 Å². The maximum Gasteiger partial charge on any atom is 0.261 e. The molecule has 3 aromatic rings. The third kappa shape index (κ3) is 2.14. The van der Waals surface area contributed by atoms with Crippen molar-refractivity contribution < 1.29 is 5.11 Å². The van der Waals surface area contributed by atoms with Gasteiger partial charge in [-0.2, -0.15) is 5.10 Å². The van der Waals surface area contributed by atoms with Gasteiger partial charge in [0.2, 0.25) is 0 Å². The van der Waals surface area contributed by atoms with Crippen molar-refractivity contribution >= 4 is 16.6 Å². The van der Waals surface area contributed by atoms with Crippen LogP contribution in [0.1, 0.15) is 11.1 Å². The zero-order chi connectivity index (χ0) is 14.8. The molecule has 3 rings (SSSR count). The number of nitrogens with one attached hydrogen (secondary N) is 1. The predicted octanol–water partition coefficient (Wildman–Crippen LogP) is 1.94. The summed E-state index contributed by atoms with van der Waals surface area (Å²) in [4.78, 5) is 15.0. The fourth-order valence-corrected chi connectivity index (χ4v) is 2.32. The molecule has 0 aliphatic carbocycles. The average molecular weight is 279 g/mol. The smallest absolute Gasteiger partial charge is 0.261 e. The van der Waals surface area contributed by atoms with E-state index in [-0.39, 0.29) is 17.0 Å². The molecule has 21 heavy (non-hydrogen) atoms. The van der Waals surface area contributed by atoms with Crippen molar-refractivity contribution in [2.24, 2.45) is 10.9 Å². The molecule has 0 atom stereocenters. The summed E-state index contributed by atoms with van der Waals surface area (Å²) in [5.41, 5.74) is 1.12. The minimum Gasteiger partial charge on any atom is -0.506 e. The van der Waals surface area contributed by atoms with Gasteiger partial charge in [-0.3, -0.25) is 4.79 Å². The normalized spacial score (nSPS) is 11.7. The Hall–Kier alpha value is -3.08. The Morgan fingerprint density at radius 2 is 1.71 bits per heavy atom. The number of nitrogens with two attached hydrogens (primary N) is 1. The number of aromatic amines is 1. The topological polar surface area (TPSA) is 91.5 Å². The van der Waals surface area contributed by atoms with Crippen LogP contribution in [-0.4, -0.2) is 15.8 Å². The fraction of sp³-hybridized carbons (Fsp3) is 0. The maximum absolute atomic E-state index is 12.3. The van der Waals surface area contributed by atoms with Crippen molar-refractivity contribution in [1.29, 1.82) is 0 Å². The van der Waals surface area contributed by atoms with E-state index in [1.54, 1.807) is 36.4 Å². The molecule has 5 nitrogen and oxygen atoms in total. The van der Waals surface area contributed by atoms with E-state index >= 15 is 0 Å². The van der Waals surface area contributed by atoms with Crippen molar-refractivity contribution in [2.45, 2.75) is 0 Å². The van der Waals surface area contributed by atoms with E-state index in [1.807, 2.05) is 18.2 Å². The molecule has 0 amide bonds. The summed E-state index contributed by atoms with van der Waals surface area (Å²) in [7, 11) is 0. The maximum atomic E-state index is 12.3. The molecule has 0 saturated carbocycles. The molecule has 0 unspecified atom stereocenters. The van der Waals surface area contributed by atoms with Crippen molar-refractivity contribution in [3.05, 3.63) is 76.1 Å². The monoisotopic (exact) mass is 279 g/mol. The number of rotatable bonds is 2. The van der Waals surface area contributed by atoms with E-state index in [9.17, 15) is 9.90 Å². The Balaban J connectivity index is 2.32. The minimum atomic E-state index is -0.431. The van der Waals surface area contributed by atoms with Gasteiger partial charge in [0, 0.05) is 10.9 Å². The first-order valence-electron chi connectivity index (χ1n) is 6.40. The number of aromatic nitrogens is 1. The van der Waals surface area contributed by atoms with Gasteiger partial charge in [0.15, 0.2) is 0 Å². The number of pyridine rings is 1. The molecule has 2 aromatic carbocycles. The SMILES string of the molecule is NN=C(c1ccccc1)c1c(O)c2ccccc2[nH]c1=O. The van der Waals surface area contributed by atoms with Crippen LogP contribution in [0.25, 0.3) is 10.9 Å². The van der Waals surface area contributed by atoms with Crippen molar-refractivity contribution in [3.63, 3.8) is 0 Å². The summed E-state index contributed by atoms with van der Waals surface area (Å²) < 4.78 is 0. The molecule has 0 aliphatic heterocycles. The van der Waals surface area contributed by atoms with Crippen LogP contribution in [-0.2, 0) is 0 Å². The molecule has 0 saturated heterocycles. The first kappa shape index (κ1) is 12.9. The first-order valence-corrected chi connectivity index (χ1v) is 6.40. The first-order chi connectivity index (χ1) is 10.2. The Kier molecular flexibility index (Phi) is 3.16. The molecule has 0 aliphatic rings. The molecule has 0 bridgehead atoms. The average Bonchev–Trinajstić information content (AvgIpc) is 2.52. The molecule has 0 radical (unpaired) electrons. The molecule has 104 valence electrons. The third-order valence-corrected chi connectivity index (χ3v) is 3.31. The second-order valence-electron chi connectivity index (χ2n) is 4.57. The van der Waals surface area contributed by atoms with Gasteiger partial charge < -0.3 is 15.9 Å². The molecular weight excluding hydrogens is 266 g/mol. The van der Waals surface area contributed by atoms with Crippen LogP contribution in [0.2, 0.25) is 0 Å². The van der Waals surface area contributed by atoms with E-state index < -0.39 is 5.56 Å². The molecular formula is C16H13N3O2. The second-order valence-corrected chi connectivity index (χ2v) is 4.57. The van der Waals surface area contributed by atoms with Crippen molar-refractivity contribution in [1.82, 2.24) is 4.98 Å². The molecule has 5 heteroatoms. The van der Waals surface area contributed by atoms with E-state index in [4.69, 9.17) is 5.84 Å². The van der Waals surface area contributed by atoms with Crippen LogP contribution in [0.5, 0.6) is 5.75 Å². The number of nitrogens with zero attached hydrogens (tertiary/aromatic N) is 1. The van der Waals surface area contributed by atoms with Crippen LogP contribution in [0.15, 0.2) is 64.5 Å². The summed E-state index contributed by atoms with van der Waals surface area (Å²) >= 11 is 0. The summed E-state index contributed by atoms with van der Waals surface area (Å²) in [6.45, 7) is 0. The van der Waals surface area contributed by atoms with Gasteiger partial charge in [-0.1, -0.05) is 42.5 Å². The highest BCUT2D eigenvalue weighted by atomic mass is 16.3. The van der Waals surface area contributed by atoms with Crippen molar-refractivity contribution in [3.8, 4) is 5.75 Å². The Labute approximate surface area is 120 Å². The lowest BCUT2D eigenvalue weighted by molar-refractivity contribution is 0.479. The summed E-state index contributed by atoms with van der Waals surface area (Å²) in [5, 5.41) is 14.7. The lowest BCUT2D eigenvalue weighted by Gasteiger charge is -2.09. The predicted molar refractivity (Wildman–Crippen MR) is 82.5 cm³/mol. The molecule has 0 fully saturated rings. The quantitative estimate of drug-likeness (QED) is 0.380. The standard InChI is InChI=1S/C16H13N3O2/c17-19-14(10-6-2-1-3-7-10)13-15(20)11-8-4-5-9-12(11)18-16(13)21/h1-9H,17H2,(H2,18,20,21). The number of hydrazone groups is 1. The second kappa shape index (κ2) is 5.13. The number of fused-ring (bicyclic) bond motifs is 1. The van der Waals surface area contributed by atoms with Gasteiger partial charge in [0.05, 0.1) is 5.52 Å². The van der Waals surface area contributed by atoms with Crippen LogP contribution < -0.4 is 11.4 Å². The molecule has 1 aromatic heterocycles. The highest BCUT2D eigenvalue weighted by Crippen LogP contribution is 2.26. The third-order valence-electron chi connectivity index (χ3n) is 3.31.